The van der Waals surface area contributed by atoms with E-state index in [1.54, 1.807) is 6.26 Å². The molecule has 1 aliphatic carbocycles. The smallest absolute Gasteiger partial charge is 0.136 e. The maximum Gasteiger partial charge on any atom is 0.136 e. The summed E-state index contributed by atoms with van der Waals surface area (Å²) in [6.07, 6.45) is 9.36. The van der Waals surface area contributed by atoms with Crippen LogP contribution in [-0.2, 0) is 6.42 Å². The highest BCUT2D eigenvalue weighted by Crippen LogP contribution is 2.30. The van der Waals surface area contributed by atoms with Crippen LogP contribution in [0.3, 0.4) is 0 Å². The first-order valence-electron chi connectivity index (χ1n) is 5.27. The number of hydrogen-bond donors (Lipinski definition) is 1. The summed E-state index contributed by atoms with van der Waals surface area (Å²) < 4.78 is 5.43. The molecule has 1 heterocycles. The highest BCUT2D eigenvalue weighted by molar-refractivity contribution is 5.56. The average Bonchev–Trinajstić information content (AvgIpc) is 2.61. The number of aliphatic hydroxyl groups excluding tert-OH is 1. The molecule has 1 N–H and O–H groups in total. The van der Waals surface area contributed by atoms with Crippen LogP contribution in [0.5, 0.6) is 0 Å². The Kier molecular flexibility index (Phi) is 2.73. The molecule has 0 amide bonds. The third-order valence-electron chi connectivity index (χ3n) is 2.68. The summed E-state index contributed by atoms with van der Waals surface area (Å²) in [7, 11) is 0. The van der Waals surface area contributed by atoms with Gasteiger partial charge in [0.25, 0.3) is 0 Å². The van der Waals surface area contributed by atoms with Gasteiger partial charge in [0.05, 0.1) is 6.26 Å². The molecular formula is C12H16O2. The molecule has 0 radical (unpaired) electrons. The molecule has 0 aliphatic heterocycles. The van der Waals surface area contributed by atoms with E-state index in [1.165, 1.54) is 5.56 Å². The lowest BCUT2D eigenvalue weighted by Gasteiger charge is -2.10. The summed E-state index contributed by atoms with van der Waals surface area (Å²) in [5.74, 6) is 0.784. The van der Waals surface area contributed by atoms with Gasteiger partial charge in [-0.1, -0.05) is 25.5 Å². The topological polar surface area (TPSA) is 33.4 Å². The van der Waals surface area contributed by atoms with Gasteiger partial charge in [0.1, 0.15) is 11.9 Å². The summed E-state index contributed by atoms with van der Waals surface area (Å²) in [5.41, 5.74) is 2.34. The summed E-state index contributed by atoms with van der Waals surface area (Å²) >= 11 is 0. The first-order chi connectivity index (χ1) is 6.83. The molecule has 2 heteroatoms. The Labute approximate surface area is 84.2 Å². The fraction of sp³-hybridized carbons (Fsp3) is 0.500. The lowest BCUT2D eigenvalue weighted by molar-refractivity contribution is 0.138. The van der Waals surface area contributed by atoms with Crippen molar-refractivity contribution in [2.45, 2.75) is 38.7 Å². The van der Waals surface area contributed by atoms with E-state index in [9.17, 15) is 5.11 Å². The van der Waals surface area contributed by atoms with E-state index in [1.807, 2.05) is 0 Å². The van der Waals surface area contributed by atoms with E-state index in [4.69, 9.17) is 4.42 Å². The molecule has 0 saturated carbocycles. The first-order valence-corrected chi connectivity index (χ1v) is 5.27. The van der Waals surface area contributed by atoms with E-state index in [2.05, 4.69) is 19.1 Å². The van der Waals surface area contributed by atoms with Gasteiger partial charge in [0.2, 0.25) is 0 Å². The fourth-order valence-corrected chi connectivity index (χ4v) is 1.94. The van der Waals surface area contributed by atoms with Gasteiger partial charge in [-0.05, 0) is 19.3 Å². The third kappa shape index (κ3) is 1.62. The predicted molar refractivity (Wildman–Crippen MR) is 55.9 cm³/mol. The van der Waals surface area contributed by atoms with E-state index in [-0.39, 0.29) is 0 Å². The van der Waals surface area contributed by atoms with E-state index in [0.717, 1.165) is 37.0 Å². The highest BCUT2D eigenvalue weighted by Gasteiger charge is 2.19. The van der Waals surface area contributed by atoms with Crippen LogP contribution in [0.25, 0.3) is 6.08 Å². The fourth-order valence-electron chi connectivity index (χ4n) is 1.94. The van der Waals surface area contributed by atoms with Crippen molar-refractivity contribution < 1.29 is 9.52 Å². The Hall–Kier alpha value is -1.02. The molecule has 2 nitrogen and oxygen atoms in total. The molecule has 1 unspecified atom stereocenters. The molecule has 0 saturated heterocycles. The van der Waals surface area contributed by atoms with E-state index < -0.39 is 6.10 Å². The van der Waals surface area contributed by atoms with Crippen molar-refractivity contribution in [3.63, 3.8) is 0 Å². The van der Waals surface area contributed by atoms with Crippen LogP contribution in [0.1, 0.15) is 49.2 Å². The normalized spacial score (nSPS) is 16.7. The summed E-state index contributed by atoms with van der Waals surface area (Å²) in [5, 5.41) is 9.85. The van der Waals surface area contributed by atoms with Gasteiger partial charge in [-0.25, -0.2) is 0 Å². The largest absolute Gasteiger partial charge is 0.466 e. The van der Waals surface area contributed by atoms with Crippen molar-refractivity contribution in [1.82, 2.24) is 0 Å². The van der Waals surface area contributed by atoms with Gasteiger partial charge in [-0.15, -0.1) is 0 Å². The number of allylic oxidation sites excluding steroid dienone is 1. The molecule has 1 atom stereocenters. The van der Waals surface area contributed by atoms with Gasteiger partial charge in [-0.2, -0.15) is 0 Å². The van der Waals surface area contributed by atoms with Crippen LogP contribution in [-0.4, -0.2) is 5.11 Å². The Morgan fingerprint density at radius 2 is 2.43 bits per heavy atom. The van der Waals surface area contributed by atoms with E-state index in [0.29, 0.717) is 0 Å². The Morgan fingerprint density at radius 1 is 1.57 bits per heavy atom. The molecule has 0 bridgehead atoms. The Morgan fingerprint density at radius 3 is 3.21 bits per heavy atom. The molecule has 0 spiro atoms. The van der Waals surface area contributed by atoms with Crippen LogP contribution in [0.2, 0.25) is 0 Å². The van der Waals surface area contributed by atoms with Crippen molar-refractivity contribution in [2.24, 2.45) is 0 Å². The molecular weight excluding hydrogens is 176 g/mol. The van der Waals surface area contributed by atoms with Crippen molar-refractivity contribution in [3.8, 4) is 0 Å². The number of fused-ring (bicyclic) bond motifs is 1. The summed E-state index contributed by atoms with van der Waals surface area (Å²) in [6, 6.07) is 0. The molecule has 1 aromatic rings. The van der Waals surface area contributed by atoms with Crippen molar-refractivity contribution >= 4 is 6.08 Å². The van der Waals surface area contributed by atoms with Crippen molar-refractivity contribution in [2.75, 3.05) is 0 Å². The Balaban J connectivity index is 2.26. The van der Waals surface area contributed by atoms with Crippen LogP contribution in [0.4, 0.5) is 0 Å². The van der Waals surface area contributed by atoms with Crippen LogP contribution >= 0.6 is 0 Å². The molecule has 2 rings (SSSR count). The second-order valence-corrected chi connectivity index (χ2v) is 3.78. The predicted octanol–water partition coefficient (Wildman–Crippen LogP) is 3.07. The van der Waals surface area contributed by atoms with Gasteiger partial charge >= 0.3 is 0 Å². The van der Waals surface area contributed by atoms with Crippen molar-refractivity contribution in [3.05, 3.63) is 29.2 Å². The second-order valence-electron chi connectivity index (χ2n) is 3.78. The van der Waals surface area contributed by atoms with E-state index >= 15 is 0 Å². The minimum absolute atomic E-state index is 0.421. The minimum Gasteiger partial charge on any atom is -0.466 e. The maximum atomic E-state index is 9.85. The van der Waals surface area contributed by atoms with Crippen LogP contribution in [0.15, 0.2) is 16.8 Å². The molecule has 76 valence electrons. The third-order valence-corrected chi connectivity index (χ3v) is 2.68. The summed E-state index contributed by atoms with van der Waals surface area (Å²) in [6.45, 7) is 2.07. The second kappa shape index (κ2) is 4.01. The van der Waals surface area contributed by atoms with Gasteiger partial charge in [0, 0.05) is 11.1 Å². The molecule has 0 aromatic carbocycles. The van der Waals surface area contributed by atoms with Gasteiger partial charge in [-0.3, -0.25) is 0 Å². The Bertz CT molecular complexity index is 336. The molecule has 1 aromatic heterocycles. The molecule has 1 aliphatic rings. The number of hydrogen-bond acceptors (Lipinski definition) is 2. The lowest BCUT2D eigenvalue weighted by atomic mass is 9.97. The number of furan rings is 1. The monoisotopic (exact) mass is 192 g/mol. The highest BCUT2D eigenvalue weighted by atomic mass is 16.4. The first kappa shape index (κ1) is 9.53. The minimum atomic E-state index is -0.421. The number of aliphatic hydroxyl groups is 1. The van der Waals surface area contributed by atoms with Crippen LogP contribution < -0.4 is 0 Å². The molecule has 0 fully saturated rings. The maximum absolute atomic E-state index is 9.85. The van der Waals surface area contributed by atoms with Crippen molar-refractivity contribution in [1.29, 1.82) is 0 Å². The standard InChI is InChI=1S/C12H16O2/c1-2-5-11(13)12-10-7-4-3-6-9(10)8-14-12/h3,6,8,11,13H,2,4-5,7H2,1H3. The molecule has 14 heavy (non-hydrogen) atoms. The zero-order chi connectivity index (χ0) is 9.97. The zero-order valence-corrected chi connectivity index (χ0v) is 8.49. The van der Waals surface area contributed by atoms with Gasteiger partial charge in [0.15, 0.2) is 0 Å². The lowest BCUT2D eigenvalue weighted by Crippen LogP contribution is -2.01. The number of rotatable bonds is 3. The quantitative estimate of drug-likeness (QED) is 0.798. The zero-order valence-electron chi connectivity index (χ0n) is 8.49. The average molecular weight is 192 g/mol. The van der Waals surface area contributed by atoms with Gasteiger partial charge < -0.3 is 9.52 Å². The SMILES string of the molecule is CCCC(O)c1occ2c1CCC=C2. The summed E-state index contributed by atoms with van der Waals surface area (Å²) in [4.78, 5) is 0. The van der Waals surface area contributed by atoms with Crippen LogP contribution in [0, 0.1) is 0 Å².